The number of halogens is 1. The third kappa shape index (κ3) is 6.00. The summed E-state index contributed by atoms with van der Waals surface area (Å²) in [5.41, 5.74) is 3.32. The van der Waals surface area contributed by atoms with Crippen molar-refractivity contribution in [3.8, 4) is 5.75 Å². The molecule has 1 fully saturated rings. The van der Waals surface area contributed by atoms with E-state index >= 15 is 0 Å². The van der Waals surface area contributed by atoms with Crippen LogP contribution in [0.25, 0.3) is 0 Å². The molecular formula is C26H25BrN2O4. The van der Waals surface area contributed by atoms with Crippen LogP contribution in [0.4, 0.5) is 11.4 Å². The van der Waals surface area contributed by atoms with Crippen molar-refractivity contribution in [2.24, 2.45) is 0 Å². The molecule has 170 valence electrons. The summed E-state index contributed by atoms with van der Waals surface area (Å²) in [4.78, 5) is 25.1. The Labute approximate surface area is 201 Å². The first-order chi connectivity index (χ1) is 16.0. The monoisotopic (exact) mass is 508 g/mol. The molecule has 3 aromatic carbocycles. The van der Waals surface area contributed by atoms with Gasteiger partial charge in [-0.3, -0.25) is 9.59 Å². The normalized spacial score (nSPS) is 15.2. The fourth-order valence-electron chi connectivity index (χ4n) is 3.58. The van der Waals surface area contributed by atoms with Crippen LogP contribution in [0.1, 0.15) is 39.1 Å². The zero-order chi connectivity index (χ0) is 23.2. The SMILES string of the molecule is Cc1ccccc1C(=O)Nc1ccc(NC(=O)c2ccc(OCC3CCCO3)c(Br)c2)cc1. The van der Waals surface area contributed by atoms with Crippen LogP contribution in [0.5, 0.6) is 5.75 Å². The lowest BCUT2D eigenvalue weighted by atomic mass is 10.1. The summed E-state index contributed by atoms with van der Waals surface area (Å²) in [5, 5.41) is 5.75. The highest BCUT2D eigenvalue weighted by Crippen LogP contribution is 2.27. The Bertz CT molecular complexity index is 1140. The van der Waals surface area contributed by atoms with E-state index in [1.54, 1.807) is 48.5 Å². The van der Waals surface area contributed by atoms with E-state index in [1.807, 2.05) is 25.1 Å². The first-order valence-corrected chi connectivity index (χ1v) is 11.6. The summed E-state index contributed by atoms with van der Waals surface area (Å²) in [7, 11) is 0. The summed E-state index contributed by atoms with van der Waals surface area (Å²) in [6.07, 6.45) is 2.20. The van der Waals surface area contributed by atoms with Crippen molar-refractivity contribution in [2.45, 2.75) is 25.9 Å². The third-order valence-corrected chi connectivity index (χ3v) is 6.05. The van der Waals surface area contributed by atoms with E-state index in [9.17, 15) is 9.59 Å². The lowest BCUT2D eigenvalue weighted by Gasteiger charge is -2.13. The average Bonchev–Trinajstić information content (AvgIpc) is 3.33. The van der Waals surface area contributed by atoms with Gasteiger partial charge in [0, 0.05) is 29.1 Å². The number of anilines is 2. The number of aryl methyl sites for hydroxylation is 1. The summed E-state index contributed by atoms with van der Waals surface area (Å²) < 4.78 is 12.1. The lowest BCUT2D eigenvalue weighted by Crippen LogP contribution is -2.16. The second-order valence-electron chi connectivity index (χ2n) is 7.89. The van der Waals surface area contributed by atoms with Crippen molar-refractivity contribution in [1.82, 2.24) is 0 Å². The zero-order valence-electron chi connectivity index (χ0n) is 18.3. The van der Waals surface area contributed by atoms with Crippen molar-refractivity contribution < 1.29 is 19.1 Å². The molecule has 33 heavy (non-hydrogen) atoms. The first-order valence-electron chi connectivity index (χ1n) is 10.8. The average molecular weight is 509 g/mol. The number of amides is 2. The van der Waals surface area contributed by atoms with Gasteiger partial charge in [0.2, 0.25) is 0 Å². The number of ether oxygens (including phenoxy) is 2. The lowest BCUT2D eigenvalue weighted by molar-refractivity contribution is 0.0677. The molecule has 1 heterocycles. The summed E-state index contributed by atoms with van der Waals surface area (Å²) in [6, 6.07) is 19.7. The van der Waals surface area contributed by atoms with Gasteiger partial charge in [0.05, 0.1) is 10.6 Å². The van der Waals surface area contributed by atoms with Gasteiger partial charge in [-0.05, 0) is 89.8 Å². The quantitative estimate of drug-likeness (QED) is 0.421. The van der Waals surface area contributed by atoms with Gasteiger partial charge in [-0.1, -0.05) is 18.2 Å². The molecule has 4 rings (SSSR count). The predicted molar refractivity (Wildman–Crippen MR) is 132 cm³/mol. The van der Waals surface area contributed by atoms with Crippen LogP contribution in [0.15, 0.2) is 71.2 Å². The highest BCUT2D eigenvalue weighted by Gasteiger charge is 2.17. The number of benzene rings is 3. The second-order valence-corrected chi connectivity index (χ2v) is 8.75. The highest BCUT2D eigenvalue weighted by molar-refractivity contribution is 9.10. The van der Waals surface area contributed by atoms with Crippen LogP contribution in [-0.4, -0.2) is 31.1 Å². The Kier molecular flexibility index (Phi) is 7.42. The Morgan fingerprint density at radius 1 is 1.00 bits per heavy atom. The van der Waals surface area contributed by atoms with Crippen LogP contribution in [0.3, 0.4) is 0 Å². The molecule has 7 heteroatoms. The maximum atomic E-state index is 12.7. The number of carbonyl (C=O) groups excluding carboxylic acids is 2. The van der Waals surface area contributed by atoms with E-state index in [0.29, 0.717) is 39.3 Å². The van der Waals surface area contributed by atoms with Crippen molar-refractivity contribution in [3.05, 3.63) is 87.9 Å². The van der Waals surface area contributed by atoms with Crippen molar-refractivity contribution >= 4 is 39.1 Å². The van der Waals surface area contributed by atoms with Crippen LogP contribution in [0.2, 0.25) is 0 Å². The standard InChI is InChI=1S/C26H25BrN2O4/c1-17-5-2-3-7-22(17)26(31)29-20-11-9-19(10-12-20)28-25(30)18-8-13-24(23(27)15-18)33-16-21-6-4-14-32-21/h2-3,5,7-13,15,21H,4,6,14,16H2,1H3,(H,28,30)(H,29,31). The maximum Gasteiger partial charge on any atom is 0.255 e. The Morgan fingerprint density at radius 3 is 2.33 bits per heavy atom. The first kappa shape index (κ1) is 23.0. The topological polar surface area (TPSA) is 76.7 Å². The molecule has 2 N–H and O–H groups in total. The molecule has 1 aliphatic heterocycles. The van der Waals surface area contributed by atoms with E-state index < -0.39 is 0 Å². The number of rotatable bonds is 7. The molecule has 1 aliphatic rings. The highest BCUT2D eigenvalue weighted by atomic mass is 79.9. The number of nitrogens with one attached hydrogen (secondary N) is 2. The van der Waals surface area contributed by atoms with Gasteiger partial charge in [0.15, 0.2) is 0 Å². The Balaban J connectivity index is 1.34. The van der Waals surface area contributed by atoms with E-state index in [4.69, 9.17) is 9.47 Å². The van der Waals surface area contributed by atoms with Gasteiger partial charge in [0.25, 0.3) is 11.8 Å². The minimum absolute atomic E-state index is 0.129. The Hall–Kier alpha value is -3.16. The fraction of sp³-hybridized carbons (Fsp3) is 0.231. The van der Waals surface area contributed by atoms with Crippen molar-refractivity contribution in [1.29, 1.82) is 0 Å². The third-order valence-electron chi connectivity index (χ3n) is 5.43. The van der Waals surface area contributed by atoms with Crippen LogP contribution in [-0.2, 0) is 4.74 Å². The minimum Gasteiger partial charge on any atom is -0.490 e. The second kappa shape index (κ2) is 10.6. The summed E-state index contributed by atoms with van der Waals surface area (Å²) in [6.45, 7) is 3.18. The van der Waals surface area contributed by atoms with Gasteiger partial charge in [-0.2, -0.15) is 0 Å². The molecular weight excluding hydrogens is 484 g/mol. The van der Waals surface area contributed by atoms with Gasteiger partial charge < -0.3 is 20.1 Å². The van der Waals surface area contributed by atoms with E-state index in [0.717, 1.165) is 25.0 Å². The molecule has 1 saturated heterocycles. The van der Waals surface area contributed by atoms with Crippen molar-refractivity contribution in [3.63, 3.8) is 0 Å². The molecule has 0 aromatic heterocycles. The molecule has 0 saturated carbocycles. The van der Waals surface area contributed by atoms with Crippen LogP contribution >= 0.6 is 15.9 Å². The molecule has 1 atom stereocenters. The zero-order valence-corrected chi connectivity index (χ0v) is 19.9. The Morgan fingerprint density at radius 2 is 1.70 bits per heavy atom. The molecule has 0 bridgehead atoms. The van der Waals surface area contributed by atoms with E-state index in [1.165, 1.54) is 0 Å². The maximum absolute atomic E-state index is 12.7. The van der Waals surface area contributed by atoms with Gasteiger partial charge >= 0.3 is 0 Å². The van der Waals surface area contributed by atoms with Crippen molar-refractivity contribution in [2.75, 3.05) is 23.8 Å². The smallest absolute Gasteiger partial charge is 0.255 e. The predicted octanol–water partition coefficient (Wildman–Crippen LogP) is 5.82. The van der Waals surface area contributed by atoms with Gasteiger partial charge in [0.1, 0.15) is 12.4 Å². The minimum atomic E-state index is -0.238. The molecule has 6 nitrogen and oxygen atoms in total. The van der Waals surface area contributed by atoms with E-state index in [2.05, 4.69) is 26.6 Å². The number of hydrogen-bond donors (Lipinski definition) is 2. The fourth-order valence-corrected chi connectivity index (χ4v) is 4.08. The van der Waals surface area contributed by atoms with Gasteiger partial charge in [-0.25, -0.2) is 0 Å². The van der Waals surface area contributed by atoms with Crippen LogP contribution < -0.4 is 15.4 Å². The summed E-state index contributed by atoms with van der Waals surface area (Å²) >= 11 is 3.48. The molecule has 0 spiro atoms. The number of hydrogen-bond acceptors (Lipinski definition) is 4. The molecule has 1 unspecified atom stereocenters. The number of carbonyl (C=O) groups is 2. The van der Waals surface area contributed by atoms with Crippen LogP contribution in [0, 0.1) is 6.92 Å². The van der Waals surface area contributed by atoms with Gasteiger partial charge in [-0.15, -0.1) is 0 Å². The largest absolute Gasteiger partial charge is 0.490 e. The molecule has 0 aliphatic carbocycles. The summed E-state index contributed by atoms with van der Waals surface area (Å²) in [5.74, 6) is 0.269. The molecule has 2 amide bonds. The molecule has 3 aromatic rings. The van der Waals surface area contributed by atoms with E-state index in [-0.39, 0.29) is 17.9 Å². The molecule has 0 radical (unpaired) electrons.